The molecule has 0 spiro atoms. The monoisotopic (exact) mass is 292 g/mol. The SMILES string of the molecule is c1ccc2c(c1)SCC2CNCCCN1CCOCC1. The number of morpholine rings is 1. The quantitative estimate of drug-likeness (QED) is 0.812. The standard InChI is InChI=1S/C16H24N2OS/c1-2-5-16-15(4-1)14(13-20-16)12-17-6-3-7-18-8-10-19-11-9-18/h1-2,4-5,14,17H,3,6-13H2. The minimum absolute atomic E-state index is 0.694. The van der Waals surface area contributed by atoms with E-state index < -0.39 is 0 Å². The van der Waals surface area contributed by atoms with Crippen molar-refractivity contribution >= 4 is 11.8 Å². The molecule has 4 heteroatoms. The minimum Gasteiger partial charge on any atom is -0.379 e. The Morgan fingerprint density at radius 2 is 2.10 bits per heavy atom. The van der Waals surface area contributed by atoms with Crippen LogP contribution < -0.4 is 5.32 Å². The summed E-state index contributed by atoms with van der Waals surface area (Å²) in [4.78, 5) is 3.99. The molecule has 0 aliphatic carbocycles. The average molecular weight is 292 g/mol. The largest absolute Gasteiger partial charge is 0.379 e. The lowest BCUT2D eigenvalue weighted by atomic mass is 10.0. The second kappa shape index (κ2) is 7.46. The van der Waals surface area contributed by atoms with Gasteiger partial charge in [0.25, 0.3) is 0 Å². The summed E-state index contributed by atoms with van der Waals surface area (Å²) in [7, 11) is 0. The molecular formula is C16H24N2OS. The van der Waals surface area contributed by atoms with Crippen LogP contribution >= 0.6 is 11.8 Å². The normalized spacial score (nSPS) is 22.9. The van der Waals surface area contributed by atoms with Gasteiger partial charge < -0.3 is 10.1 Å². The van der Waals surface area contributed by atoms with Crippen LogP contribution in [0.15, 0.2) is 29.2 Å². The predicted octanol–water partition coefficient (Wildman–Crippen LogP) is 2.19. The maximum absolute atomic E-state index is 5.37. The summed E-state index contributed by atoms with van der Waals surface area (Å²) in [6, 6.07) is 8.84. The number of nitrogens with zero attached hydrogens (tertiary/aromatic N) is 1. The van der Waals surface area contributed by atoms with Crippen LogP contribution in [0.2, 0.25) is 0 Å². The van der Waals surface area contributed by atoms with Crippen molar-refractivity contribution in [1.29, 1.82) is 0 Å². The number of rotatable bonds is 6. The van der Waals surface area contributed by atoms with Gasteiger partial charge in [-0.25, -0.2) is 0 Å². The van der Waals surface area contributed by atoms with Gasteiger partial charge in [0.1, 0.15) is 0 Å². The number of thioether (sulfide) groups is 1. The fourth-order valence-corrected chi connectivity index (χ4v) is 4.18. The van der Waals surface area contributed by atoms with E-state index in [1.54, 1.807) is 0 Å². The Hall–Kier alpha value is -0.550. The van der Waals surface area contributed by atoms with E-state index in [9.17, 15) is 0 Å². The van der Waals surface area contributed by atoms with Crippen molar-refractivity contribution in [2.75, 3.05) is 51.7 Å². The lowest BCUT2D eigenvalue weighted by Crippen LogP contribution is -2.37. The van der Waals surface area contributed by atoms with Crippen LogP contribution in [0.4, 0.5) is 0 Å². The van der Waals surface area contributed by atoms with Crippen molar-refractivity contribution in [3.8, 4) is 0 Å². The zero-order valence-corrected chi connectivity index (χ0v) is 12.8. The fourth-order valence-electron chi connectivity index (χ4n) is 2.93. The molecule has 1 saturated heterocycles. The van der Waals surface area contributed by atoms with E-state index in [0.29, 0.717) is 5.92 Å². The van der Waals surface area contributed by atoms with Crippen molar-refractivity contribution in [2.24, 2.45) is 0 Å². The Labute approximate surface area is 126 Å². The summed E-state index contributed by atoms with van der Waals surface area (Å²) in [5, 5.41) is 3.64. The van der Waals surface area contributed by atoms with Gasteiger partial charge in [0.15, 0.2) is 0 Å². The molecule has 0 saturated carbocycles. The third kappa shape index (κ3) is 3.76. The third-order valence-electron chi connectivity index (χ3n) is 4.12. The van der Waals surface area contributed by atoms with E-state index in [4.69, 9.17) is 4.74 Å². The zero-order valence-electron chi connectivity index (χ0n) is 12.0. The molecule has 20 heavy (non-hydrogen) atoms. The Balaban J connectivity index is 1.32. The highest BCUT2D eigenvalue weighted by atomic mass is 32.2. The van der Waals surface area contributed by atoms with Crippen molar-refractivity contribution in [2.45, 2.75) is 17.2 Å². The summed E-state index contributed by atoms with van der Waals surface area (Å²) in [6.07, 6.45) is 1.24. The highest BCUT2D eigenvalue weighted by molar-refractivity contribution is 7.99. The maximum Gasteiger partial charge on any atom is 0.0594 e. The average Bonchev–Trinajstić information content (AvgIpc) is 2.91. The highest BCUT2D eigenvalue weighted by Gasteiger charge is 2.21. The second-order valence-corrected chi connectivity index (χ2v) is 6.62. The van der Waals surface area contributed by atoms with Gasteiger partial charge in [-0.3, -0.25) is 4.90 Å². The van der Waals surface area contributed by atoms with Crippen molar-refractivity contribution < 1.29 is 4.74 Å². The highest BCUT2D eigenvalue weighted by Crippen LogP contribution is 2.38. The topological polar surface area (TPSA) is 24.5 Å². The van der Waals surface area contributed by atoms with Crippen molar-refractivity contribution in [3.05, 3.63) is 29.8 Å². The molecule has 3 rings (SSSR count). The van der Waals surface area contributed by atoms with Crippen LogP contribution in [0.5, 0.6) is 0 Å². The van der Waals surface area contributed by atoms with Crippen LogP contribution in [0, 0.1) is 0 Å². The first-order valence-electron chi connectivity index (χ1n) is 7.66. The Kier molecular flexibility index (Phi) is 5.36. The van der Waals surface area contributed by atoms with Crippen molar-refractivity contribution in [1.82, 2.24) is 10.2 Å². The molecule has 2 aliphatic rings. The molecule has 1 atom stereocenters. The van der Waals surface area contributed by atoms with Gasteiger partial charge in [0, 0.05) is 36.2 Å². The minimum atomic E-state index is 0.694. The lowest BCUT2D eigenvalue weighted by molar-refractivity contribution is 0.0374. The number of hydrogen-bond donors (Lipinski definition) is 1. The molecule has 1 N–H and O–H groups in total. The van der Waals surface area contributed by atoms with E-state index in [1.807, 2.05) is 11.8 Å². The zero-order chi connectivity index (χ0) is 13.6. The Morgan fingerprint density at radius 1 is 1.25 bits per heavy atom. The van der Waals surface area contributed by atoms with Gasteiger partial charge in [-0.2, -0.15) is 0 Å². The number of benzene rings is 1. The van der Waals surface area contributed by atoms with E-state index in [1.165, 1.54) is 29.2 Å². The summed E-state index contributed by atoms with van der Waals surface area (Å²) in [5.41, 5.74) is 1.54. The summed E-state index contributed by atoms with van der Waals surface area (Å²) < 4.78 is 5.37. The molecule has 1 unspecified atom stereocenters. The molecule has 0 amide bonds. The van der Waals surface area contributed by atoms with E-state index in [-0.39, 0.29) is 0 Å². The number of nitrogens with one attached hydrogen (secondary N) is 1. The Bertz CT molecular complexity index is 421. The summed E-state index contributed by atoms with van der Waals surface area (Å²) >= 11 is 2.00. The lowest BCUT2D eigenvalue weighted by Gasteiger charge is -2.26. The molecule has 1 aromatic rings. The summed E-state index contributed by atoms with van der Waals surface area (Å²) in [6.45, 7) is 7.46. The van der Waals surface area contributed by atoms with Crippen LogP contribution in [-0.2, 0) is 4.74 Å². The molecule has 2 aliphatic heterocycles. The molecule has 0 radical (unpaired) electrons. The van der Waals surface area contributed by atoms with E-state index in [2.05, 4.69) is 34.5 Å². The number of hydrogen-bond acceptors (Lipinski definition) is 4. The van der Waals surface area contributed by atoms with Crippen LogP contribution in [0.3, 0.4) is 0 Å². The molecule has 1 fully saturated rings. The molecule has 1 aromatic carbocycles. The van der Waals surface area contributed by atoms with Gasteiger partial charge in [-0.15, -0.1) is 11.8 Å². The first kappa shape index (κ1) is 14.4. The number of ether oxygens (including phenoxy) is 1. The van der Waals surface area contributed by atoms with Crippen LogP contribution in [-0.4, -0.2) is 56.6 Å². The Morgan fingerprint density at radius 3 is 3.00 bits per heavy atom. The van der Waals surface area contributed by atoms with Gasteiger partial charge >= 0.3 is 0 Å². The molecule has 0 aromatic heterocycles. The van der Waals surface area contributed by atoms with Crippen LogP contribution in [0.1, 0.15) is 17.9 Å². The molecule has 3 nitrogen and oxygen atoms in total. The van der Waals surface area contributed by atoms with Gasteiger partial charge in [-0.1, -0.05) is 18.2 Å². The molecule has 110 valence electrons. The fraction of sp³-hybridized carbons (Fsp3) is 0.625. The van der Waals surface area contributed by atoms with Gasteiger partial charge in [0.2, 0.25) is 0 Å². The summed E-state index contributed by atoms with van der Waals surface area (Å²) in [5.74, 6) is 1.93. The number of fused-ring (bicyclic) bond motifs is 1. The first-order valence-corrected chi connectivity index (χ1v) is 8.64. The first-order chi connectivity index (χ1) is 9.93. The van der Waals surface area contributed by atoms with Crippen LogP contribution in [0.25, 0.3) is 0 Å². The molecule has 2 heterocycles. The van der Waals surface area contributed by atoms with Gasteiger partial charge in [-0.05, 0) is 31.1 Å². The van der Waals surface area contributed by atoms with Gasteiger partial charge in [0.05, 0.1) is 13.2 Å². The molecular weight excluding hydrogens is 268 g/mol. The van der Waals surface area contributed by atoms with Crippen molar-refractivity contribution in [3.63, 3.8) is 0 Å². The predicted molar refractivity (Wildman–Crippen MR) is 84.7 cm³/mol. The molecule has 0 bridgehead atoms. The second-order valence-electron chi connectivity index (χ2n) is 5.56. The van der Waals surface area contributed by atoms with E-state index in [0.717, 1.165) is 39.4 Å². The van der Waals surface area contributed by atoms with E-state index >= 15 is 0 Å². The maximum atomic E-state index is 5.37. The third-order valence-corrected chi connectivity index (χ3v) is 5.37. The smallest absolute Gasteiger partial charge is 0.0594 e.